The number of carbonyl (C=O) groups excluding carboxylic acids is 2. The fourth-order valence-electron chi connectivity index (χ4n) is 6.75. The number of nitroso groups, excluding NO2 is 1. The lowest BCUT2D eigenvalue weighted by molar-refractivity contribution is -0.116. The fourth-order valence-corrected chi connectivity index (χ4v) is 6.91. The van der Waals surface area contributed by atoms with Gasteiger partial charge in [-0.05, 0) is 74.7 Å². The number of allylic oxidation sites excluding steroid dienone is 1. The number of hydrogen-bond acceptors (Lipinski definition) is 5. The number of rotatable bonds is 4. The first kappa shape index (κ1) is 19.9. The molecule has 0 bridgehead atoms. The first-order valence-corrected chi connectivity index (χ1v) is 11.1. The van der Waals surface area contributed by atoms with E-state index in [9.17, 15) is 14.5 Å². The van der Waals surface area contributed by atoms with Crippen molar-refractivity contribution in [3.05, 3.63) is 16.6 Å². The number of ether oxygens (including phenoxy) is 1. The highest BCUT2D eigenvalue weighted by Crippen LogP contribution is 2.62. The molecular weight excluding hydrogens is 380 g/mol. The van der Waals surface area contributed by atoms with Gasteiger partial charge in [-0.2, -0.15) is 5.01 Å². The van der Waals surface area contributed by atoms with Gasteiger partial charge in [-0.25, -0.2) is 4.79 Å². The minimum atomic E-state index is -0.677. The van der Waals surface area contributed by atoms with Gasteiger partial charge in [-0.1, -0.05) is 12.5 Å². The van der Waals surface area contributed by atoms with Gasteiger partial charge in [0.15, 0.2) is 5.78 Å². The van der Waals surface area contributed by atoms with Crippen LogP contribution in [0.1, 0.15) is 58.3 Å². The van der Waals surface area contributed by atoms with Gasteiger partial charge in [0, 0.05) is 17.7 Å². The second-order valence-corrected chi connectivity index (χ2v) is 9.57. The molecule has 0 radical (unpaired) electrons. The second-order valence-electron chi connectivity index (χ2n) is 9.19. The summed E-state index contributed by atoms with van der Waals surface area (Å²) >= 11 is 5.64. The molecule has 3 fully saturated rings. The lowest BCUT2D eigenvalue weighted by Crippen LogP contribution is -2.49. The second kappa shape index (κ2) is 7.77. The number of nitrogens with zero attached hydrogens (tertiary/aromatic N) is 2. The number of alkyl halides is 1. The predicted molar refractivity (Wildman–Crippen MR) is 106 cm³/mol. The average molecular weight is 409 g/mol. The standard InChI is InChI=1S/C21H29ClN2O4/c1-21-9-8-16-15-5-3-14(25)12-13(15)2-4-17(16)18(21)6-7-19(21)28-20(26)24(23-27)11-10-22/h12,15-19H,2-11H2,1H3/t15-,16-,17+,18+,19+,21+/m1/s1. The first-order chi connectivity index (χ1) is 13.5. The molecule has 0 aromatic carbocycles. The molecule has 0 spiro atoms. The van der Waals surface area contributed by atoms with Crippen LogP contribution in [0.5, 0.6) is 0 Å². The monoisotopic (exact) mass is 408 g/mol. The summed E-state index contributed by atoms with van der Waals surface area (Å²) in [6.45, 7) is 2.33. The Bertz CT molecular complexity index is 696. The van der Waals surface area contributed by atoms with E-state index in [-0.39, 0.29) is 23.9 Å². The molecule has 0 heterocycles. The number of hydrogen-bond donors (Lipinski definition) is 0. The molecule has 4 aliphatic carbocycles. The lowest BCUT2D eigenvalue weighted by atomic mass is 9.52. The number of carbonyl (C=O) groups is 2. The third-order valence-electron chi connectivity index (χ3n) is 8.06. The molecule has 0 aromatic rings. The first-order valence-electron chi connectivity index (χ1n) is 10.6. The molecule has 154 valence electrons. The zero-order valence-corrected chi connectivity index (χ0v) is 17.2. The van der Waals surface area contributed by atoms with E-state index in [0.717, 1.165) is 50.0 Å². The van der Waals surface area contributed by atoms with Crippen LogP contribution < -0.4 is 0 Å². The Balaban J connectivity index is 1.48. The zero-order chi connectivity index (χ0) is 19.9. The van der Waals surface area contributed by atoms with Crippen LogP contribution in [0.4, 0.5) is 4.79 Å². The van der Waals surface area contributed by atoms with E-state index in [0.29, 0.717) is 35.9 Å². The summed E-state index contributed by atoms with van der Waals surface area (Å²) < 4.78 is 5.77. The highest BCUT2D eigenvalue weighted by Gasteiger charge is 2.57. The van der Waals surface area contributed by atoms with E-state index in [1.165, 1.54) is 5.57 Å². The van der Waals surface area contributed by atoms with Crippen molar-refractivity contribution in [2.24, 2.45) is 34.4 Å². The summed E-state index contributed by atoms with van der Waals surface area (Å²) in [5, 5.41) is 3.54. The normalized spacial score (nSPS) is 39.3. The third-order valence-corrected chi connectivity index (χ3v) is 8.23. The van der Waals surface area contributed by atoms with Gasteiger partial charge in [0.25, 0.3) is 0 Å². The molecule has 0 unspecified atom stereocenters. The van der Waals surface area contributed by atoms with E-state index >= 15 is 0 Å². The van der Waals surface area contributed by atoms with Gasteiger partial charge in [0.2, 0.25) is 0 Å². The van der Waals surface area contributed by atoms with Gasteiger partial charge in [0.05, 0.1) is 11.8 Å². The molecular formula is C21H29ClN2O4. The van der Waals surface area contributed by atoms with Crippen molar-refractivity contribution in [3.63, 3.8) is 0 Å². The van der Waals surface area contributed by atoms with Gasteiger partial charge < -0.3 is 4.74 Å². The Morgan fingerprint density at radius 1 is 1.25 bits per heavy atom. The Labute approximate surface area is 170 Å². The highest BCUT2D eigenvalue weighted by atomic mass is 35.5. The van der Waals surface area contributed by atoms with Gasteiger partial charge >= 0.3 is 6.09 Å². The van der Waals surface area contributed by atoms with Crippen molar-refractivity contribution in [3.8, 4) is 0 Å². The number of fused-ring (bicyclic) bond motifs is 5. The maximum atomic E-state index is 12.4. The Morgan fingerprint density at radius 3 is 2.82 bits per heavy atom. The van der Waals surface area contributed by atoms with Crippen molar-refractivity contribution in [2.45, 2.75) is 64.4 Å². The van der Waals surface area contributed by atoms with E-state index in [1.54, 1.807) is 0 Å². The summed E-state index contributed by atoms with van der Waals surface area (Å²) in [4.78, 5) is 35.1. The van der Waals surface area contributed by atoms with E-state index in [1.807, 2.05) is 6.08 Å². The Hall–Kier alpha value is -1.43. The van der Waals surface area contributed by atoms with Crippen molar-refractivity contribution in [2.75, 3.05) is 12.4 Å². The lowest BCUT2D eigenvalue weighted by Gasteiger charge is -2.53. The Kier molecular flexibility index (Phi) is 5.51. The third kappa shape index (κ3) is 3.27. The van der Waals surface area contributed by atoms with Gasteiger partial charge in [-0.15, -0.1) is 16.5 Å². The van der Waals surface area contributed by atoms with E-state index in [4.69, 9.17) is 16.3 Å². The largest absolute Gasteiger partial charge is 0.444 e. The molecule has 28 heavy (non-hydrogen) atoms. The molecule has 7 heteroatoms. The summed E-state index contributed by atoms with van der Waals surface area (Å²) in [7, 11) is 0. The smallest absolute Gasteiger partial charge is 0.433 e. The molecule has 6 nitrogen and oxygen atoms in total. The van der Waals surface area contributed by atoms with Crippen LogP contribution in [0.3, 0.4) is 0 Å². The average Bonchev–Trinajstić information content (AvgIpc) is 3.01. The summed E-state index contributed by atoms with van der Waals surface area (Å²) in [5.74, 6) is 2.85. The van der Waals surface area contributed by atoms with Crippen LogP contribution >= 0.6 is 11.6 Å². The summed E-state index contributed by atoms with van der Waals surface area (Å²) in [6.07, 6.45) is 9.00. The van der Waals surface area contributed by atoms with Crippen molar-refractivity contribution >= 4 is 23.5 Å². The zero-order valence-electron chi connectivity index (χ0n) is 16.4. The van der Waals surface area contributed by atoms with Gasteiger partial charge in [-0.3, -0.25) is 4.79 Å². The topological polar surface area (TPSA) is 76.0 Å². The van der Waals surface area contributed by atoms with Crippen molar-refractivity contribution in [1.82, 2.24) is 5.01 Å². The molecule has 0 aliphatic heterocycles. The Morgan fingerprint density at radius 2 is 2.07 bits per heavy atom. The summed E-state index contributed by atoms with van der Waals surface area (Å²) in [6, 6.07) is 0. The van der Waals surface area contributed by atoms with Gasteiger partial charge in [0.1, 0.15) is 6.10 Å². The maximum Gasteiger partial charge on any atom is 0.433 e. The molecule has 1 amide bonds. The summed E-state index contributed by atoms with van der Waals surface area (Å²) in [5.41, 5.74) is 1.34. The quantitative estimate of drug-likeness (QED) is 0.378. The van der Waals surface area contributed by atoms with Crippen LogP contribution in [0.2, 0.25) is 0 Å². The van der Waals surface area contributed by atoms with E-state index in [2.05, 4.69) is 12.2 Å². The molecule has 4 aliphatic rings. The minimum absolute atomic E-state index is 0.0436. The molecule has 0 N–H and O–H groups in total. The SMILES string of the molecule is C[C@]12CC[C@H]3[C@H](CCC4=CC(=O)CC[C@H]43)[C@@H]1CC[C@@H]2OC(=O)N(CCCl)N=O. The molecule has 0 aromatic heterocycles. The van der Waals surface area contributed by atoms with Crippen LogP contribution in [-0.4, -0.2) is 35.4 Å². The van der Waals surface area contributed by atoms with Crippen LogP contribution in [-0.2, 0) is 9.53 Å². The molecule has 4 rings (SSSR count). The van der Waals surface area contributed by atoms with Crippen molar-refractivity contribution in [1.29, 1.82) is 0 Å². The van der Waals surface area contributed by atoms with Crippen LogP contribution in [0, 0.1) is 34.0 Å². The number of amides is 1. The van der Waals surface area contributed by atoms with Crippen molar-refractivity contribution < 1.29 is 14.3 Å². The van der Waals surface area contributed by atoms with Crippen LogP contribution in [0.25, 0.3) is 0 Å². The number of ketones is 1. The highest BCUT2D eigenvalue weighted by molar-refractivity contribution is 6.18. The molecule has 3 saturated carbocycles. The fraction of sp³-hybridized carbons (Fsp3) is 0.810. The molecule has 6 atom stereocenters. The van der Waals surface area contributed by atoms with E-state index < -0.39 is 6.09 Å². The maximum absolute atomic E-state index is 12.4. The predicted octanol–water partition coefficient (Wildman–Crippen LogP) is 4.86. The minimum Gasteiger partial charge on any atom is -0.444 e. The number of halogens is 1. The molecule has 0 saturated heterocycles. The van der Waals surface area contributed by atoms with Crippen LogP contribution in [0.15, 0.2) is 16.9 Å².